The number of nitriles is 1. The van der Waals surface area contributed by atoms with Gasteiger partial charge in [0, 0.05) is 5.39 Å². The predicted molar refractivity (Wildman–Crippen MR) is 108 cm³/mol. The van der Waals surface area contributed by atoms with Crippen LogP contribution in [-0.4, -0.2) is 22.6 Å². The first-order valence-corrected chi connectivity index (χ1v) is 9.60. The van der Waals surface area contributed by atoms with E-state index in [0.29, 0.717) is 10.6 Å². The number of rotatable bonds is 5. The topological polar surface area (TPSA) is 94.9 Å². The van der Waals surface area contributed by atoms with Gasteiger partial charge >= 0.3 is 0 Å². The lowest BCUT2D eigenvalue weighted by molar-refractivity contribution is -0.127. The largest absolute Gasteiger partial charge is 0.273 e. The number of thioether (sulfide) groups is 1. The van der Waals surface area contributed by atoms with Gasteiger partial charge in [-0.25, -0.2) is 4.98 Å². The second-order valence-electron chi connectivity index (χ2n) is 6.15. The number of aromatic nitrogens is 1. The Bertz CT molecular complexity index is 1060. The minimum atomic E-state index is -0.373. The predicted octanol–water partition coefficient (Wildman–Crippen LogP) is 2.90. The normalized spacial score (nSPS) is 10.3. The molecule has 7 heteroatoms. The highest BCUT2D eigenvalue weighted by molar-refractivity contribution is 8.00. The van der Waals surface area contributed by atoms with Crippen LogP contribution in [0.3, 0.4) is 0 Å². The van der Waals surface area contributed by atoms with Crippen LogP contribution in [0.25, 0.3) is 10.9 Å². The molecule has 0 unspecified atom stereocenters. The molecule has 6 nitrogen and oxygen atoms in total. The Kier molecular flexibility index (Phi) is 6.25. The fourth-order valence-corrected chi connectivity index (χ4v) is 3.41. The van der Waals surface area contributed by atoms with Crippen LogP contribution in [0.4, 0.5) is 0 Å². The standard InChI is InChI=1S/C21H18N4O2S/c1-14-6-5-9-16-11-17(12-22)21(23-20(14)16)28-13-19(27)25-24-18(26)10-15-7-3-2-4-8-15/h2-9,11H,10,13H2,1H3,(H,24,26)(H,25,27). The maximum Gasteiger partial charge on any atom is 0.248 e. The Hall–Kier alpha value is -3.37. The number of nitrogens with one attached hydrogen (secondary N) is 2. The molecule has 28 heavy (non-hydrogen) atoms. The molecule has 0 spiro atoms. The van der Waals surface area contributed by atoms with E-state index in [1.807, 2.05) is 55.5 Å². The number of carbonyl (C=O) groups excluding carboxylic acids is 2. The molecule has 1 heterocycles. The van der Waals surface area contributed by atoms with Gasteiger partial charge < -0.3 is 0 Å². The molecule has 3 rings (SSSR count). The zero-order valence-electron chi connectivity index (χ0n) is 15.2. The number of hydrazine groups is 1. The lowest BCUT2D eigenvalue weighted by Crippen LogP contribution is -2.43. The summed E-state index contributed by atoms with van der Waals surface area (Å²) in [5.41, 5.74) is 7.87. The maximum absolute atomic E-state index is 12.0. The van der Waals surface area contributed by atoms with E-state index in [1.54, 1.807) is 6.07 Å². The van der Waals surface area contributed by atoms with E-state index in [2.05, 4.69) is 21.9 Å². The van der Waals surface area contributed by atoms with Crippen molar-refractivity contribution in [3.05, 3.63) is 71.3 Å². The average Bonchev–Trinajstić information content (AvgIpc) is 2.71. The van der Waals surface area contributed by atoms with E-state index in [9.17, 15) is 14.9 Å². The molecule has 140 valence electrons. The van der Waals surface area contributed by atoms with Crippen molar-refractivity contribution in [1.82, 2.24) is 15.8 Å². The van der Waals surface area contributed by atoms with Crippen LogP contribution < -0.4 is 10.9 Å². The van der Waals surface area contributed by atoms with Gasteiger partial charge in [0.15, 0.2) is 0 Å². The Morgan fingerprint density at radius 1 is 1.07 bits per heavy atom. The van der Waals surface area contributed by atoms with Crippen LogP contribution in [0.5, 0.6) is 0 Å². The molecular weight excluding hydrogens is 372 g/mol. The first-order valence-electron chi connectivity index (χ1n) is 8.61. The van der Waals surface area contributed by atoms with Gasteiger partial charge in [0.2, 0.25) is 11.8 Å². The van der Waals surface area contributed by atoms with Gasteiger partial charge in [-0.3, -0.25) is 20.4 Å². The molecule has 0 bridgehead atoms. The molecule has 0 saturated carbocycles. The summed E-state index contributed by atoms with van der Waals surface area (Å²) in [6, 6.07) is 18.9. The third-order valence-electron chi connectivity index (χ3n) is 4.02. The second kappa shape index (κ2) is 9.02. The first-order chi connectivity index (χ1) is 13.6. The molecule has 2 amide bonds. The zero-order chi connectivity index (χ0) is 19.9. The highest BCUT2D eigenvalue weighted by Crippen LogP contribution is 2.26. The van der Waals surface area contributed by atoms with E-state index in [0.717, 1.165) is 33.8 Å². The van der Waals surface area contributed by atoms with Crippen LogP contribution in [0.1, 0.15) is 16.7 Å². The van der Waals surface area contributed by atoms with Gasteiger partial charge in [0.1, 0.15) is 11.1 Å². The number of nitrogens with zero attached hydrogens (tertiary/aromatic N) is 2. The SMILES string of the molecule is Cc1cccc2cc(C#N)c(SCC(=O)NNC(=O)Cc3ccccc3)nc12. The van der Waals surface area contributed by atoms with Crippen LogP contribution in [0.2, 0.25) is 0 Å². The minimum Gasteiger partial charge on any atom is -0.273 e. The molecule has 0 radical (unpaired) electrons. The van der Waals surface area contributed by atoms with Gasteiger partial charge in [-0.1, -0.05) is 60.3 Å². The molecule has 1 aromatic heterocycles. The summed E-state index contributed by atoms with van der Waals surface area (Å²) in [5, 5.41) is 10.8. The lowest BCUT2D eigenvalue weighted by atomic mass is 10.1. The van der Waals surface area contributed by atoms with Gasteiger partial charge in [0.25, 0.3) is 0 Å². The van der Waals surface area contributed by atoms with E-state index in [-0.39, 0.29) is 24.0 Å². The van der Waals surface area contributed by atoms with Crippen molar-refractivity contribution in [1.29, 1.82) is 5.26 Å². The third kappa shape index (κ3) is 4.87. The molecule has 0 aliphatic carbocycles. The summed E-state index contributed by atoms with van der Waals surface area (Å²) in [7, 11) is 0. The number of aryl methyl sites for hydroxylation is 1. The van der Waals surface area contributed by atoms with Gasteiger partial charge in [0.05, 0.1) is 23.3 Å². The van der Waals surface area contributed by atoms with Crippen molar-refractivity contribution in [2.24, 2.45) is 0 Å². The van der Waals surface area contributed by atoms with E-state index >= 15 is 0 Å². The number of para-hydroxylation sites is 1. The fraction of sp³-hybridized carbons (Fsp3) is 0.143. The molecular formula is C21H18N4O2S. The van der Waals surface area contributed by atoms with E-state index < -0.39 is 0 Å². The molecule has 3 aromatic rings. The average molecular weight is 390 g/mol. The summed E-state index contributed by atoms with van der Waals surface area (Å²) >= 11 is 1.16. The third-order valence-corrected chi connectivity index (χ3v) is 5.01. The number of amides is 2. The zero-order valence-corrected chi connectivity index (χ0v) is 16.0. The van der Waals surface area contributed by atoms with Gasteiger partial charge in [-0.2, -0.15) is 5.26 Å². The molecule has 0 fully saturated rings. The Morgan fingerprint density at radius 2 is 1.82 bits per heavy atom. The molecule has 0 saturated heterocycles. The van der Waals surface area contributed by atoms with Crippen molar-refractivity contribution in [2.45, 2.75) is 18.4 Å². The Labute approximate surface area is 166 Å². The van der Waals surface area contributed by atoms with Crippen molar-refractivity contribution >= 4 is 34.5 Å². The Balaban J connectivity index is 1.58. The Morgan fingerprint density at radius 3 is 2.57 bits per heavy atom. The summed E-state index contributed by atoms with van der Waals surface area (Å²) < 4.78 is 0. The number of fused-ring (bicyclic) bond motifs is 1. The van der Waals surface area contributed by atoms with E-state index in [1.165, 1.54) is 0 Å². The van der Waals surface area contributed by atoms with Crippen LogP contribution in [0, 0.1) is 18.3 Å². The summed E-state index contributed by atoms with van der Waals surface area (Å²) in [5.74, 6) is -0.645. The molecule has 0 aliphatic heterocycles. The van der Waals surface area contributed by atoms with Crippen molar-refractivity contribution < 1.29 is 9.59 Å². The smallest absolute Gasteiger partial charge is 0.248 e. The maximum atomic E-state index is 12.0. The number of benzene rings is 2. The lowest BCUT2D eigenvalue weighted by Gasteiger charge is -2.09. The summed E-state index contributed by atoms with van der Waals surface area (Å²) in [4.78, 5) is 28.5. The van der Waals surface area contributed by atoms with E-state index in [4.69, 9.17) is 0 Å². The quantitative estimate of drug-likeness (QED) is 0.516. The molecule has 2 N–H and O–H groups in total. The summed E-state index contributed by atoms with van der Waals surface area (Å²) in [6.45, 7) is 1.95. The highest BCUT2D eigenvalue weighted by atomic mass is 32.2. The number of pyridine rings is 1. The number of carbonyl (C=O) groups is 2. The second-order valence-corrected chi connectivity index (χ2v) is 7.11. The highest BCUT2D eigenvalue weighted by Gasteiger charge is 2.12. The van der Waals surface area contributed by atoms with Crippen molar-refractivity contribution in [3.8, 4) is 6.07 Å². The number of hydrogen-bond acceptors (Lipinski definition) is 5. The van der Waals surface area contributed by atoms with Crippen LogP contribution in [-0.2, 0) is 16.0 Å². The van der Waals surface area contributed by atoms with Crippen molar-refractivity contribution in [2.75, 3.05) is 5.75 Å². The van der Waals surface area contributed by atoms with Crippen LogP contribution >= 0.6 is 11.8 Å². The minimum absolute atomic E-state index is 0.0324. The molecule has 0 atom stereocenters. The van der Waals surface area contributed by atoms with Gasteiger partial charge in [-0.05, 0) is 24.1 Å². The molecule has 2 aromatic carbocycles. The monoisotopic (exact) mass is 390 g/mol. The fourth-order valence-electron chi connectivity index (χ4n) is 2.65. The van der Waals surface area contributed by atoms with Crippen LogP contribution in [0.15, 0.2) is 59.6 Å². The van der Waals surface area contributed by atoms with Gasteiger partial charge in [-0.15, -0.1) is 0 Å². The first kappa shape index (κ1) is 19.4. The van der Waals surface area contributed by atoms with Crippen molar-refractivity contribution in [3.63, 3.8) is 0 Å². The number of hydrogen-bond donors (Lipinski definition) is 2. The summed E-state index contributed by atoms with van der Waals surface area (Å²) in [6.07, 6.45) is 0.179. The molecule has 0 aliphatic rings.